The highest BCUT2D eigenvalue weighted by Crippen LogP contribution is 2.37. The van der Waals surface area contributed by atoms with Gasteiger partial charge in [-0.1, -0.05) is 12.1 Å². The Bertz CT molecular complexity index is 1560. The van der Waals surface area contributed by atoms with Crippen LogP contribution in [-0.2, 0) is 0 Å². The van der Waals surface area contributed by atoms with Crippen molar-refractivity contribution < 1.29 is 28.2 Å². The molecule has 1 unspecified atom stereocenters. The number of hydrogen-bond acceptors (Lipinski definition) is 8. The van der Waals surface area contributed by atoms with Crippen LogP contribution < -0.4 is 35.2 Å². The zero-order chi connectivity index (χ0) is 27.4. The molecule has 9 heteroatoms. The zero-order valence-electron chi connectivity index (χ0n) is 22.0. The van der Waals surface area contributed by atoms with E-state index in [1.165, 1.54) is 7.11 Å². The fraction of sp³-hybridized carbons (Fsp3) is 0.267. The summed E-state index contributed by atoms with van der Waals surface area (Å²) in [6.45, 7) is 1.71. The summed E-state index contributed by atoms with van der Waals surface area (Å²) in [5.74, 6) is 1.65. The molecule has 39 heavy (non-hydrogen) atoms. The van der Waals surface area contributed by atoms with Gasteiger partial charge in [-0.2, -0.15) is 0 Å². The van der Waals surface area contributed by atoms with Gasteiger partial charge in [0.1, 0.15) is 23.3 Å². The highest BCUT2D eigenvalue weighted by Gasteiger charge is 2.21. The molecule has 1 saturated heterocycles. The monoisotopic (exact) mass is 530 g/mol. The number of hydrogen-bond donors (Lipinski definition) is 2. The van der Waals surface area contributed by atoms with Gasteiger partial charge in [0.15, 0.2) is 11.3 Å². The quantitative estimate of drug-likeness (QED) is 0.311. The van der Waals surface area contributed by atoms with Crippen molar-refractivity contribution in [1.29, 1.82) is 0 Å². The summed E-state index contributed by atoms with van der Waals surface area (Å²) in [7, 11) is 4.66. The van der Waals surface area contributed by atoms with Crippen molar-refractivity contribution in [2.24, 2.45) is 0 Å². The molecule has 2 heterocycles. The van der Waals surface area contributed by atoms with Crippen LogP contribution in [0.4, 0.5) is 5.69 Å². The third-order valence-corrected chi connectivity index (χ3v) is 6.66. The lowest BCUT2D eigenvalue weighted by atomic mass is 10.0. The molecule has 1 aliphatic heterocycles. The van der Waals surface area contributed by atoms with Crippen molar-refractivity contribution in [1.82, 2.24) is 5.32 Å². The summed E-state index contributed by atoms with van der Waals surface area (Å²) in [5, 5.41) is 6.58. The molecule has 0 bridgehead atoms. The van der Waals surface area contributed by atoms with E-state index in [4.69, 9.17) is 23.4 Å². The Morgan fingerprint density at radius 3 is 2.56 bits per heavy atom. The number of methoxy groups -OCH3 is 3. The second kappa shape index (κ2) is 11.5. The Labute approximate surface area is 225 Å². The maximum Gasteiger partial charge on any atom is 0.360 e. The first-order chi connectivity index (χ1) is 19.0. The normalized spacial score (nSPS) is 15.0. The van der Waals surface area contributed by atoms with Crippen LogP contribution in [0.5, 0.6) is 23.0 Å². The van der Waals surface area contributed by atoms with Gasteiger partial charge in [-0.25, -0.2) is 4.79 Å². The number of benzene rings is 3. The van der Waals surface area contributed by atoms with E-state index in [-0.39, 0.29) is 17.4 Å². The van der Waals surface area contributed by atoms with E-state index in [1.807, 2.05) is 24.3 Å². The molecule has 4 aromatic rings. The lowest BCUT2D eigenvalue weighted by Crippen LogP contribution is -2.37. The maximum absolute atomic E-state index is 13.2. The van der Waals surface area contributed by atoms with Crippen LogP contribution >= 0.6 is 0 Å². The van der Waals surface area contributed by atoms with Crippen molar-refractivity contribution in [3.63, 3.8) is 0 Å². The number of anilines is 1. The minimum absolute atomic E-state index is 0.00161. The molecular weight excluding hydrogens is 500 g/mol. The molecular formula is C30H30N2O7. The average Bonchev–Trinajstić information content (AvgIpc) is 2.97. The molecule has 0 radical (unpaired) electrons. The van der Waals surface area contributed by atoms with Gasteiger partial charge in [-0.3, -0.25) is 4.79 Å². The van der Waals surface area contributed by atoms with E-state index in [1.54, 1.807) is 50.6 Å². The van der Waals surface area contributed by atoms with E-state index < -0.39 is 11.5 Å². The van der Waals surface area contributed by atoms with Crippen LogP contribution in [0.2, 0.25) is 0 Å². The number of carbonyl (C=O) groups excluding carboxylic acids is 1. The third kappa shape index (κ3) is 5.53. The van der Waals surface area contributed by atoms with Gasteiger partial charge in [0.2, 0.25) is 5.75 Å². The number of ether oxygens (including phenoxy) is 4. The molecule has 5 rings (SSSR count). The predicted molar refractivity (Wildman–Crippen MR) is 148 cm³/mol. The fourth-order valence-electron chi connectivity index (χ4n) is 4.67. The van der Waals surface area contributed by atoms with Crippen molar-refractivity contribution in [3.05, 3.63) is 76.6 Å². The molecule has 9 nitrogen and oxygen atoms in total. The number of fused-ring (bicyclic) bond motifs is 1. The van der Waals surface area contributed by atoms with Crippen molar-refractivity contribution in [2.45, 2.75) is 18.9 Å². The van der Waals surface area contributed by atoms with Crippen LogP contribution in [0.1, 0.15) is 23.2 Å². The van der Waals surface area contributed by atoms with E-state index >= 15 is 0 Å². The van der Waals surface area contributed by atoms with E-state index in [2.05, 4.69) is 10.6 Å². The molecule has 0 spiro atoms. The Morgan fingerprint density at radius 1 is 0.974 bits per heavy atom. The number of amides is 1. The summed E-state index contributed by atoms with van der Waals surface area (Å²) >= 11 is 0. The standard InChI is InChI=1S/C30H30N2O7/c1-35-21-7-4-6-18(14-21)23-15-20(10-11-25(23)36-2)29(33)32-24-16-19-9-12-26(38-22-8-5-13-31-17-22)28(37-3)27(19)39-30(24)34/h4,6-7,9-12,14-16,22,31H,5,8,13,17H2,1-3H3,(H,32,33). The number of piperidine rings is 1. The highest BCUT2D eigenvalue weighted by molar-refractivity contribution is 6.06. The van der Waals surface area contributed by atoms with Gasteiger partial charge in [-0.05, 0) is 73.5 Å². The smallest absolute Gasteiger partial charge is 0.360 e. The zero-order valence-corrected chi connectivity index (χ0v) is 22.0. The first-order valence-electron chi connectivity index (χ1n) is 12.7. The SMILES string of the molecule is COc1cccc(-c2cc(C(=O)Nc3cc4ccc(OC5CCCNC5)c(OC)c4oc3=O)ccc2OC)c1. The molecule has 1 amide bonds. The molecule has 0 aliphatic carbocycles. The van der Waals surface area contributed by atoms with Crippen molar-refractivity contribution in [2.75, 3.05) is 39.7 Å². The minimum Gasteiger partial charge on any atom is -0.497 e. The second-order valence-electron chi connectivity index (χ2n) is 9.15. The van der Waals surface area contributed by atoms with Crippen molar-refractivity contribution >= 4 is 22.6 Å². The first kappa shape index (κ1) is 26.1. The van der Waals surface area contributed by atoms with Crippen molar-refractivity contribution in [3.8, 4) is 34.1 Å². The van der Waals surface area contributed by atoms with Gasteiger partial charge >= 0.3 is 5.63 Å². The number of rotatable bonds is 8. The lowest BCUT2D eigenvalue weighted by Gasteiger charge is -2.24. The first-order valence-corrected chi connectivity index (χ1v) is 12.7. The molecule has 1 aromatic heterocycles. The molecule has 1 fully saturated rings. The Morgan fingerprint density at radius 2 is 1.82 bits per heavy atom. The highest BCUT2D eigenvalue weighted by atomic mass is 16.5. The summed E-state index contributed by atoms with van der Waals surface area (Å²) in [6.07, 6.45) is 1.95. The van der Waals surface area contributed by atoms with E-state index in [9.17, 15) is 9.59 Å². The molecule has 2 N–H and O–H groups in total. The predicted octanol–water partition coefficient (Wildman–Crippen LogP) is 4.87. The third-order valence-electron chi connectivity index (χ3n) is 6.66. The Kier molecular flexibility index (Phi) is 7.69. The van der Waals surface area contributed by atoms with Gasteiger partial charge < -0.3 is 34.0 Å². The van der Waals surface area contributed by atoms with Gasteiger partial charge in [-0.15, -0.1) is 0 Å². The average molecular weight is 531 g/mol. The van der Waals surface area contributed by atoms with Crippen LogP contribution in [-0.4, -0.2) is 46.4 Å². The molecule has 3 aromatic carbocycles. The topological polar surface area (TPSA) is 108 Å². The van der Waals surface area contributed by atoms with E-state index in [0.29, 0.717) is 39.5 Å². The van der Waals surface area contributed by atoms with E-state index in [0.717, 1.165) is 31.5 Å². The van der Waals surface area contributed by atoms with Gasteiger partial charge in [0, 0.05) is 23.1 Å². The Balaban J connectivity index is 1.43. The summed E-state index contributed by atoms with van der Waals surface area (Å²) in [5.41, 5.74) is 1.44. The van der Waals surface area contributed by atoms with Crippen LogP contribution in [0.15, 0.2) is 69.9 Å². The van der Waals surface area contributed by atoms with Crippen LogP contribution in [0.3, 0.4) is 0 Å². The minimum atomic E-state index is -0.702. The second-order valence-corrected chi connectivity index (χ2v) is 9.15. The molecule has 1 aliphatic rings. The Hall–Kier alpha value is -4.50. The summed E-state index contributed by atoms with van der Waals surface area (Å²) in [4.78, 5) is 26.1. The van der Waals surface area contributed by atoms with Gasteiger partial charge in [0.25, 0.3) is 5.91 Å². The molecule has 1 atom stereocenters. The summed E-state index contributed by atoms with van der Waals surface area (Å²) < 4.78 is 28.1. The summed E-state index contributed by atoms with van der Waals surface area (Å²) in [6, 6.07) is 17.6. The number of nitrogens with one attached hydrogen (secondary N) is 2. The van der Waals surface area contributed by atoms with Crippen LogP contribution in [0.25, 0.3) is 22.1 Å². The maximum atomic E-state index is 13.2. The molecule has 202 valence electrons. The fourth-order valence-corrected chi connectivity index (χ4v) is 4.67. The number of carbonyl (C=O) groups is 1. The van der Waals surface area contributed by atoms with Crippen LogP contribution in [0, 0.1) is 0 Å². The largest absolute Gasteiger partial charge is 0.497 e. The van der Waals surface area contributed by atoms with Gasteiger partial charge in [0.05, 0.1) is 21.3 Å². The molecule has 0 saturated carbocycles. The lowest BCUT2D eigenvalue weighted by molar-refractivity contribution is 0.102.